The third-order valence-electron chi connectivity index (χ3n) is 4.35. The monoisotopic (exact) mass is 351 g/mol. The zero-order valence-corrected chi connectivity index (χ0v) is 16.0. The van der Waals surface area contributed by atoms with Crippen molar-refractivity contribution in [2.24, 2.45) is 0 Å². The average Bonchev–Trinajstić information content (AvgIpc) is 2.64. The molecule has 0 aromatic heterocycles. The van der Waals surface area contributed by atoms with Gasteiger partial charge in [-0.05, 0) is 66.1 Å². The Bertz CT molecular complexity index is 639. The second-order valence-electron chi connectivity index (χ2n) is 8.36. The molecule has 1 N–H and O–H groups in total. The van der Waals surface area contributed by atoms with Gasteiger partial charge >= 0.3 is 7.12 Å². The lowest BCUT2D eigenvalue weighted by Crippen LogP contribution is -2.43. The van der Waals surface area contributed by atoms with Gasteiger partial charge in [0.1, 0.15) is 0 Å². The maximum atomic E-state index is 14.0. The normalized spacial score (nSPS) is 19.0. The molecule has 138 valence electrons. The summed E-state index contributed by atoms with van der Waals surface area (Å²) in [6.07, 6.45) is 0. The van der Waals surface area contributed by atoms with Gasteiger partial charge in [0.15, 0.2) is 18.2 Å². The van der Waals surface area contributed by atoms with Crippen LogP contribution < -0.4 is 15.5 Å². The third-order valence-corrected chi connectivity index (χ3v) is 4.35. The predicted molar refractivity (Wildman–Crippen MR) is 95.5 cm³/mol. The van der Waals surface area contributed by atoms with Gasteiger partial charge in [-0.2, -0.15) is 0 Å². The van der Waals surface area contributed by atoms with Crippen LogP contribution in [0.2, 0.25) is 0 Å². The van der Waals surface area contributed by atoms with Gasteiger partial charge in [-0.3, -0.25) is 4.79 Å². The summed E-state index contributed by atoms with van der Waals surface area (Å²) in [4.78, 5) is 11.8. The molecule has 1 aromatic rings. The van der Waals surface area contributed by atoms with Crippen molar-refractivity contribution in [2.45, 2.75) is 65.2 Å². The van der Waals surface area contributed by atoms with Crippen LogP contribution in [0, 0.1) is 5.82 Å². The number of ether oxygens (including phenoxy) is 1. The first-order chi connectivity index (χ1) is 11.3. The highest BCUT2D eigenvalue weighted by molar-refractivity contribution is 6.62. The Kier molecular flexibility index (Phi) is 5.22. The quantitative estimate of drug-likeness (QED) is 0.847. The molecule has 0 spiro atoms. The van der Waals surface area contributed by atoms with Gasteiger partial charge in [0, 0.05) is 5.54 Å². The molecule has 1 aliphatic rings. The molecule has 1 saturated heterocycles. The Balaban J connectivity index is 2.10. The molecule has 1 fully saturated rings. The standard InChI is InChI=1S/C18H27BFNO4/c1-16(2,3)21-15(22)11-23-14-10-12(8-9-13(14)20)19-24-17(4,5)18(6,7)25-19/h8-10H,11H2,1-7H3,(H,21,22). The van der Waals surface area contributed by atoms with Crippen LogP contribution in [0.3, 0.4) is 0 Å². The number of carbonyl (C=O) groups is 1. The van der Waals surface area contributed by atoms with Crippen molar-refractivity contribution in [3.63, 3.8) is 0 Å². The van der Waals surface area contributed by atoms with Gasteiger partial charge in [0.05, 0.1) is 11.2 Å². The first-order valence-electron chi connectivity index (χ1n) is 8.40. The van der Waals surface area contributed by atoms with Crippen LogP contribution in [-0.4, -0.2) is 36.4 Å². The maximum absolute atomic E-state index is 14.0. The SMILES string of the molecule is CC(C)(C)NC(=O)COc1cc(B2OC(C)(C)C(C)(C)O2)ccc1F. The van der Waals surface area contributed by atoms with Crippen molar-refractivity contribution < 1.29 is 23.2 Å². The van der Waals surface area contributed by atoms with Gasteiger partial charge < -0.3 is 19.4 Å². The van der Waals surface area contributed by atoms with E-state index < -0.39 is 24.1 Å². The summed E-state index contributed by atoms with van der Waals surface area (Å²) in [7, 11) is -0.614. The number of hydrogen-bond donors (Lipinski definition) is 1. The first kappa shape index (κ1) is 19.7. The topological polar surface area (TPSA) is 56.8 Å². The lowest BCUT2D eigenvalue weighted by Gasteiger charge is -2.32. The molecule has 0 aliphatic carbocycles. The smallest absolute Gasteiger partial charge is 0.481 e. The Morgan fingerprint density at radius 3 is 2.28 bits per heavy atom. The third kappa shape index (κ3) is 4.73. The highest BCUT2D eigenvalue weighted by Crippen LogP contribution is 2.36. The highest BCUT2D eigenvalue weighted by Gasteiger charge is 2.51. The summed E-state index contributed by atoms with van der Waals surface area (Å²) in [6.45, 7) is 13.1. The number of benzene rings is 1. The number of rotatable bonds is 4. The highest BCUT2D eigenvalue weighted by atomic mass is 19.1. The zero-order valence-electron chi connectivity index (χ0n) is 16.0. The lowest BCUT2D eigenvalue weighted by molar-refractivity contribution is -0.124. The van der Waals surface area contributed by atoms with Crippen molar-refractivity contribution in [3.05, 3.63) is 24.0 Å². The largest absolute Gasteiger partial charge is 0.494 e. The second kappa shape index (κ2) is 6.61. The van der Waals surface area contributed by atoms with E-state index in [1.165, 1.54) is 12.1 Å². The van der Waals surface area contributed by atoms with E-state index in [4.69, 9.17) is 14.0 Å². The molecule has 25 heavy (non-hydrogen) atoms. The molecule has 0 bridgehead atoms. The van der Waals surface area contributed by atoms with Crippen LogP contribution >= 0.6 is 0 Å². The van der Waals surface area contributed by atoms with E-state index in [0.29, 0.717) is 5.46 Å². The Hall–Kier alpha value is -1.60. The zero-order chi connectivity index (χ0) is 19.0. The van der Waals surface area contributed by atoms with Crippen molar-refractivity contribution in [1.29, 1.82) is 0 Å². The van der Waals surface area contributed by atoms with Crippen LogP contribution in [0.1, 0.15) is 48.5 Å². The van der Waals surface area contributed by atoms with Crippen molar-refractivity contribution in [2.75, 3.05) is 6.61 Å². The Labute approximate surface area is 149 Å². The van der Waals surface area contributed by atoms with E-state index in [1.807, 2.05) is 48.5 Å². The van der Waals surface area contributed by atoms with E-state index in [2.05, 4.69) is 5.32 Å². The molecule has 2 rings (SSSR count). The molecule has 5 nitrogen and oxygen atoms in total. The first-order valence-corrected chi connectivity index (χ1v) is 8.40. The van der Waals surface area contributed by atoms with Crippen LogP contribution in [0.4, 0.5) is 4.39 Å². The number of amides is 1. The molecule has 0 unspecified atom stereocenters. The van der Waals surface area contributed by atoms with Gasteiger partial charge in [0.2, 0.25) is 0 Å². The van der Waals surface area contributed by atoms with Gasteiger partial charge in [-0.1, -0.05) is 6.07 Å². The predicted octanol–water partition coefficient (Wildman–Crippen LogP) is 2.42. The fourth-order valence-corrected chi connectivity index (χ4v) is 2.35. The molecule has 0 saturated carbocycles. The van der Waals surface area contributed by atoms with Gasteiger partial charge in [-0.15, -0.1) is 0 Å². The minimum absolute atomic E-state index is 0.00345. The number of halogens is 1. The fraction of sp³-hybridized carbons (Fsp3) is 0.611. The van der Waals surface area contributed by atoms with Crippen LogP contribution in [0.25, 0.3) is 0 Å². The minimum atomic E-state index is -0.614. The molecule has 0 atom stereocenters. The number of carbonyl (C=O) groups excluding carboxylic acids is 1. The molecule has 7 heteroatoms. The lowest BCUT2D eigenvalue weighted by atomic mass is 9.79. The van der Waals surface area contributed by atoms with E-state index in [9.17, 15) is 9.18 Å². The van der Waals surface area contributed by atoms with Crippen molar-refractivity contribution in [1.82, 2.24) is 5.32 Å². The van der Waals surface area contributed by atoms with Crippen molar-refractivity contribution >= 4 is 18.5 Å². The molecular formula is C18H27BFNO4. The van der Waals surface area contributed by atoms with E-state index in [1.54, 1.807) is 6.07 Å². The molecule has 1 heterocycles. The molecular weight excluding hydrogens is 324 g/mol. The Morgan fingerprint density at radius 2 is 1.76 bits per heavy atom. The average molecular weight is 351 g/mol. The minimum Gasteiger partial charge on any atom is -0.481 e. The van der Waals surface area contributed by atoms with Gasteiger partial charge in [-0.25, -0.2) is 4.39 Å². The van der Waals surface area contributed by atoms with Crippen LogP contribution in [0.15, 0.2) is 18.2 Å². The van der Waals surface area contributed by atoms with E-state index >= 15 is 0 Å². The summed E-state index contributed by atoms with van der Waals surface area (Å²) in [5.74, 6) is -0.854. The summed E-state index contributed by atoms with van der Waals surface area (Å²) in [5, 5.41) is 2.76. The summed E-state index contributed by atoms with van der Waals surface area (Å²) in [5.41, 5.74) is -0.700. The molecule has 1 aliphatic heterocycles. The summed E-state index contributed by atoms with van der Waals surface area (Å²) >= 11 is 0. The maximum Gasteiger partial charge on any atom is 0.494 e. The second-order valence-corrected chi connectivity index (χ2v) is 8.36. The number of hydrogen-bond acceptors (Lipinski definition) is 4. The van der Waals surface area contributed by atoms with E-state index in [0.717, 1.165) is 0 Å². The molecule has 0 radical (unpaired) electrons. The summed E-state index contributed by atoms with van der Waals surface area (Å²) in [6, 6.07) is 4.40. The Morgan fingerprint density at radius 1 is 1.20 bits per heavy atom. The van der Waals surface area contributed by atoms with Crippen molar-refractivity contribution in [3.8, 4) is 5.75 Å². The van der Waals surface area contributed by atoms with Crippen LogP contribution in [-0.2, 0) is 14.1 Å². The van der Waals surface area contributed by atoms with E-state index in [-0.39, 0.29) is 23.8 Å². The van der Waals surface area contributed by atoms with Crippen LogP contribution in [0.5, 0.6) is 5.75 Å². The number of nitrogens with one attached hydrogen (secondary N) is 1. The molecule has 1 aromatic carbocycles. The fourth-order valence-electron chi connectivity index (χ4n) is 2.35. The van der Waals surface area contributed by atoms with Gasteiger partial charge in [0.25, 0.3) is 5.91 Å². The summed E-state index contributed by atoms with van der Waals surface area (Å²) < 4.78 is 31.3. The molecule has 1 amide bonds.